The Morgan fingerprint density at radius 3 is 2.83 bits per heavy atom. The zero-order chi connectivity index (χ0) is 15.4. The topological polar surface area (TPSA) is 36.9 Å². The number of nitrogens with one attached hydrogen (secondary N) is 1. The number of rotatable bonds is 3. The van der Waals surface area contributed by atoms with E-state index in [2.05, 4.69) is 24.1 Å². The van der Waals surface area contributed by atoms with Crippen LogP contribution in [0.5, 0.6) is 0 Å². The number of guanidine groups is 1. The maximum atomic E-state index is 5.65. The molecule has 0 aromatic heterocycles. The number of ether oxygens (including phenoxy) is 1. The van der Waals surface area contributed by atoms with Crippen molar-refractivity contribution in [3.63, 3.8) is 0 Å². The first-order chi connectivity index (χ1) is 10.7. The molecule has 3 rings (SSSR count). The summed E-state index contributed by atoms with van der Waals surface area (Å²) in [5, 5.41) is 3.52. The normalized spacial score (nSPS) is 34.7. The first-order valence-corrected chi connectivity index (χ1v) is 9.33. The molecule has 23 heavy (non-hydrogen) atoms. The smallest absolute Gasteiger partial charge is 0.193 e. The lowest BCUT2D eigenvalue weighted by atomic mass is 9.80. The van der Waals surface area contributed by atoms with Crippen molar-refractivity contribution < 1.29 is 4.74 Å². The van der Waals surface area contributed by atoms with Crippen LogP contribution in [-0.4, -0.2) is 50.3 Å². The maximum absolute atomic E-state index is 5.65. The second-order valence-electron chi connectivity index (χ2n) is 7.69. The van der Waals surface area contributed by atoms with E-state index in [1.54, 1.807) is 0 Å². The molecule has 3 aliphatic rings. The van der Waals surface area contributed by atoms with Gasteiger partial charge in [-0.2, -0.15) is 0 Å². The standard InChI is InChI=1S/C18H33N3O.HI/c1-3-19-17(20-12-16-7-5-4-6-15(16)2)21-10-8-18(13-21)9-11-22-14-18;/h15-16H,3-14H2,1-2H3,(H,19,20);1H. The van der Waals surface area contributed by atoms with Crippen molar-refractivity contribution in [2.24, 2.45) is 22.2 Å². The molecule has 2 saturated heterocycles. The van der Waals surface area contributed by atoms with Crippen LogP contribution in [0.1, 0.15) is 52.4 Å². The Morgan fingerprint density at radius 2 is 2.13 bits per heavy atom. The molecular weight excluding hydrogens is 401 g/mol. The molecule has 0 aromatic carbocycles. The molecule has 3 fully saturated rings. The molecule has 1 N–H and O–H groups in total. The summed E-state index contributed by atoms with van der Waals surface area (Å²) in [4.78, 5) is 7.49. The molecule has 2 aliphatic heterocycles. The Balaban J connectivity index is 0.00000192. The summed E-state index contributed by atoms with van der Waals surface area (Å²) < 4.78 is 5.65. The Bertz CT molecular complexity index is 396. The number of aliphatic imine (C=N–C) groups is 1. The van der Waals surface area contributed by atoms with Crippen LogP contribution in [0.25, 0.3) is 0 Å². The summed E-state index contributed by atoms with van der Waals surface area (Å²) in [6.07, 6.45) is 8.05. The van der Waals surface area contributed by atoms with Crippen molar-refractivity contribution in [3.8, 4) is 0 Å². The minimum atomic E-state index is 0. The number of nitrogens with zero attached hydrogens (tertiary/aromatic N) is 2. The molecule has 4 nitrogen and oxygen atoms in total. The highest BCUT2D eigenvalue weighted by Crippen LogP contribution is 2.38. The van der Waals surface area contributed by atoms with Gasteiger partial charge in [-0.15, -0.1) is 24.0 Å². The van der Waals surface area contributed by atoms with E-state index in [4.69, 9.17) is 9.73 Å². The Kier molecular flexibility index (Phi) is 7.45. The van der Waals surface area contributed by atoms with Crippen LogP contribution < -0.4 is 5.32 Å². The summed E-state index contributed by atoms with van der Waals surface area (Å²) in [5.41, 5.74) is 0.411. The largest absolute Gasteiger partial charge is 0.381 e. The molecule has 2 heterocycles. The fourth-order valence-corrected chi connectivity index (χ4v) is 4.38. The second-order valence-corrected chi connectivity index (χ2v) is 7.69. The van der Waals surface area contributed by atoms with Crippen molar-refractivity contribution >= 4 is 29.9 Å². The van der Waals surface area contributed by atoms with Gasteiger partial charge in [0.25, 0.3) is 0 Å². The molecule has 1 saturated carbocycles. The number of likely N-dealkylation sites (tertiary alicyclic amines) is 1. The fraction of sp³-hybridized carbons (Fsp3) is 0.944. The quantitative estimate of drug-likeness (QED) is 0.419. The van der Waals surface area contributed by atoms with Crippen LogP contribution in [0.2, 0.25) is 0 Å². The minimum Gasteiger partial charge on any atom is -0.381 e. The van der Waals surface area contributed by atoms with Crippen molar-refractivity contribution in [2.45, 2.75) is 52.4 Å². The zero-order valence-electron chi connectivity index (χ0n) is 14.9. The van der Waals surface area contributed by atoms with Gasteiger partial charge in [0.15, 0.2) is 5.96 Å². The molecule has 134 valence electrons. The maximum Gasteiger partial charge on any atom is 0.193 e. The zero-order valence-corrected chi connectivity index (χ0v) is 17.2. The van der Waals surface area contributed by atoms with E-state index in [1.165, 1.54) is 38.5 Å². The molecule has 1 aliphatic carbocycles. The monoisotopic (exact) mass is 435 g/mol. The molecule has 5 heteroatoms. The van der Waals surface area contributed by atoms with E-state index < -0.39 is 0 Å². The van der Waals surface area contributed by atoms with Crippen molar-refractivity contribution in [2.75, 3.05) is 39.4 Å². The summed E-state index contributed by atoms with van der Waals surface area (Å²) in [7, 11) is 0. The Morgan fingerprint density at radius 1 is 1.30 bits per heavy atom. The van der Waals surface area contributed by atoms with Gasteiger partial charge in [0.2, 0.25) is 0 Å². The summed E-state index contributed by atoms with van der Waals surface area (Å²) >= 11 is 0. The third kappa shape index (κ3) is 4.74. The molecule has 1 spiro atoms. The third-order valence-corrected chi connectivity index (χ3v) is 6.02. The van der Waals surface area contributed by atoms with E-state index >= 15 is 0 Å². The second kappa shape index (κ2) is 8.88. The van der Waals surface area contributed by atoms with Gasteiger partial charge < -0.3 is 15.0 Å². The molecule has 3 unspecified atom stereocenters. The highest BCUT2D eigenvalue weighted by molar-refractivity contribution is 14.0. The van der Waals surface area contributed by atoms with Crippen LogP contribution in [0, 0.1) is 17.3 Å². The molecule has 3 atom stereocenters. The lowest BCUT2D eigenvalue weighted by Gasteiger charge is -2.29. The van der Waals surface area contributed by atoms with Gasteiger partial charge >= 0.3 is 0 Å². The van der Waals surface area contributed by atoms with Gasteiger partial charge in [0.1, 0.15) is 0 Å². The Labute approximate surface area is 158 Å². The molecule has 0 bridgehead atoms. The van der Waals surface area contributed by atoms with Gasteiger partial charge in [0, 0.05) is 38.2 Å². The summed E-state index contributed by atoms with van der Waals surface area (Å²) in [5.74, 6) is 2.77. The molecule has 0 radical (unpaired) electrons. The van der Waals surface area contributed by atoms with E-state index in [-0.39, 0.29) is 24.0 Å². The van der Waals surface area contributed by atoms with Gasteiger partial charge in [-0.25, -0.2) is 0 Å². The Hall–Kier alpha value is -0.0400. The van der Waals surface area contributed by atoms with Crippen LogP contribution in [0.4, 0.5) is 0 Å². The van der Waals surface area contributed by atoms with E-state index in [0.717, 1.165) is 57.2 Å². The van der Waals surface area contributed by atoms with Crippen LogP contribution in [0.3, 0.4) is 0 Å². The average Bonchev–Trinajstić information content (AvgIpc) is 3.16. The highest BCUT2D eigenvalue weighted by Gasteiger charge is 2.42. The SMILES string of the molecule is CCNC(=NCC1CCCCC1C)N1CCC2(CCOC2)C1.I. The van der Waals surface area contributed by atoms with Gasteiger partial charge in [-0.3, -0.25) is 4.99 Å². The lowest BCUT2D eigenvalue weighted by molar-refractivity contribution is 0.156. The van der Waals surface area contributed by atoms with Crippen molar-refractivity contribution in [1.29, 1.82) is 0 Å². The number of hydrogen-bond acceptors (Lipinski definition) is 2. The molecule has 0 aromatic rings. The van der Waals surface area contributed by atoms with Crippen LogP contribution in [0.15, 0.2) is 4.99 Å². The first-order valence-electron chi connectivity index (χ1n) is 9.33. The first kappa shape index (κ1) is 19.3. The van der Waals surface area contributed by atoms with E-state index in [1.807, 2.05) is 0 Å². The van der Waals surface area contributed by atoms with Crippen LogP contribution in [-0.2, 0) is 4.74 Å². The fourth-order valence-electron chi connectivity index (χ4n) is 4.38. The molecule has 0 amide bonds. The van der Waals surface area contributed by atoms with Gasteiger partial charge in [-0.05, 0) is 38.0 Å². The predicted molar refractivity (Wildman–Crippen MR) is 107 cm³/mol. The van der Waals surface area contributed by atoms with Crippen molar-refractivity contribution in [1.82, 2.24) is 10.2 Å². The summed E-state index contributed by atoms with van der Waals surface area (Å²) in [6, 6.07) is 0. The van der Waals surface area contributed by atoms with E-state index in [9.17, 15) is 0 Å². The van der Waals surface area contributed by atoms with Crippen LogP contribution >= 0.6 is 24.0 Å². The highest BCUT2D eigenvalue weighted by atomic mass is 127. The van der Waals surface area contributed by atoms with Gasteiger partial charge in [-0.1, -0.05) is 26.2 Å². The predicted octanol–water partition coefficient (Wildman–Crippen LogP) is 3.51. The van der Waals surface area contributed by atoms with Gasteiger partial charge in [0.05, 0.1) is 6.61 Å². The number of hydrogen-bond donors (Lipinski definition) is 1. The van der Waals surface area contributed by atoms with E-state index in [0.29, 0.717) is 5.41 Å². The number of halogens is 1. The minimum absolute atomic E-state index is 0. The lowest BCUT2D eigenvalue weighted by Crippen LogP contribution is -2.42. The van der Waals surface area contributed by atoms with Crippen molar-refractivity contribution in [3.05, 3.63) is 0 Å². The average molecular weight is 435 g/mol. The molecular formula is C18H34IN3O. The third-order valence-electron chi connectivity index (χ3n) is 6.02. The summed E-state index contributed by atoms with van der Waals surface area (Å²) in [6.45, 7) is 10.7.